The van der Waals surface area contributed by atoms with Crippen LogP contribution in [-0.4, -0.2) is 38.6 Å². The standard InChI is InChI=1S/C13H26N2.C2H6/c1-15(2)12-6-4-3-5-7-13-8-10-14-11-9-13;1-2/h4,6,13-14H,3,5,7-12H2,1-2H3;1-2H3/b6-4+;. The van der Waals surface area contributed by atoms with Gasteiger partial charge < -0.3 is 10.2 Å². The predicted octanol–water partition coefficient (Wildman–Crippen LogP) is 3.30. The van der Waals surface area contributed by atoms with Gasteiger partial charge in [0.05, 0.1) is 0 Å². The third-order valence-corrected chi connectivity index (χ3v) is 3.08. The lowest BCUT2D eigenvalue weighted by atomic mass is 9.92. The van der Waals surface area contributed by atoms with Crippen LogP contribution < -0.4 is 5.32 Å². The Morgan fingerprint density at radius 2 is 1.76 bits per heavy atom. The zero-order valence-electron chi connectivity index (χ0n) is 12.3. The maximum absolute atomic E-state index is 3.42. The third kappa shape index (κ3) is 10.5. The van der Waals surface area contributed by atoms with Crippen molar-refractivity contribution in [1.82, 2.24) is 10.2 Å². The number of hydrogen-bond donors (Lipinski definition) is 1. The summed E-state index contributed by atoms with van der Waals surface area (Å²) in [4.78, 5) is 2.20. The first-order valence-electron chi connectivity index (χ1n) is 7.29. The van der Waals surface area contributed by atoms with Crippen molar-refractivity contribution in [2.75, 3.05) is 33.7 Å². The van der Waals surface area contributed by atoms with E-state index in [9.17, 15) is 0 Å². The molecule has 0 aromatic carbocycles. The van der Waals surface area contributed by atoms with Gasteiger partial charge in [-0.2, -0.15) is 0 Å². The van der Waals surface area contributed by atoms with Crippen molar-refractivity contribution in [2.45, 2.75) is 46.0 Å². The highest BCUT2D eigenvalue weighted by molar-refractivity contribution is 4.83. The van der Waals surface area contributed by atoms with E-state index in [2.05, 4.69) is 36.5 Å². The van der Waals surface area contributed by atoms with E-state index in [-0.39, 0.29) is 0 Å². The van der Waals surface area contributed by atoms with Crippen LogP contribution in [0.5, 0.6) is 0 Å². The second kappa shape index (κ2) is 12.1. The molecule has 1 heterocycles. The average molecular weight is 240 g/mol. The molecule has 0 aliphatic carbocycles. The lowest BCUT2D eigenvalue weighted by Crippen LogP contribution is -2.27. The summed E-state index contributed by atoms with van der Waals surface area (Å²) in [5.41, 5.74) is 0. The normalized spacial score (nSPS) is 17.2. The van der Waals surface area contributed by atoms with E-state index in [4.69, 9.17) is 0 Å². The molecule has 0 spiro atoms. The van der Waals surface area contributed by atoms with Crippen LogP contribution in [-0.2, 0) is 0 Å². The van der Waals surface area contributed by atoms with E-state index < -0.39 is 0 Å². The van der Waals surface area contributed by atoms with Gasteiger partial charge in [-0.25, -0.2) is 0 Å². The molecule has 17 heavy (non-hydrogen) atoms. The van der Waals surface area contributed by atoms with Gasteiger partial charge in [-0.1, -0.05) is 32.4 Å². The van der Waals surface area contributed by atoms with Crippen molar-refractivity contribution in [1.29, 1.82) is 0 Å². The molecule has 1 fully saturated rings. The Hall–Kier alpha value is -0.340. The van der Waals surface area contributed by atoms with Crippen molar-refractivity contribution >= 4 is 0 Å². The first-order valence-corrected chi connectivity index (χ1v) is 7.29. The van der Waals surface area contributed by atoms with E-state index in [0.29, 0.717) is 0 Å². The molecule has 1 aliphatic heterocycles. The molecule has 0 radical (unpaired) electrons. The Morgan fingerprint density at radius 1 is 1.12 bits per heavy atom. The van der Waals surface area contributed by atoms with Gasteiger partial charge in [0.15, 0.2) is 0 Å². The average Bonchev–Trinajstić information content (AvgIpc) is 2.37. The molecule has 102 valence electrons. The zero-order chi connectivity index (χ0) is 12.9. The minimum absolute atomic E-state index is 0.994. The summed E-state index contributed by atoms with van der Waals surface area (Å²) in [5.74, 6) is 0.994. The number of allylic oxidation sites excluding steroid dienone is 1. The molecule has 2 heteroatoms. The van der Waals surface area contributed by atoms with Crippen LogP contribution in [0.15, 0.2) is 12.2 Å². The predicted molar refractivity (Wildman–Crippen MR) is 78.5 cm³/mol. The van der Waals surface area contributed by atoms with E-state index in [1.54, 1.807) is 0 Å². The lowest BCUT2D eigenvalue weighted by Gasteiger charge is -2.22. The molecule has 1 rings (SSSR count). The topological polar surface area (TPSA) is 15.3 Å². The zero-order valence-corrected chi connectivity index (χ0v) is 12.3. The molecule has 0 aromatic rings. The van der Waals surface area contributed by atoms with Crippen molar-refractivity contribution in [3.8, 4) is 0 Å². The van der Waals surface area contributed by atoms with Gasteiger partial charge in [-0.15, -0.1) is 0 Å². The highest BCUT2D eigenvalue weighted by Crippen LogP contribution is 2.18. The Balaban J connectivity index is 0.00000121. The van der Waals surface area contributed by atoms with E-state index in [1.165, 1.54) is 45.2 Å². The van der Waals surface area contributed by atoms with Crippen LogP contribution in [0.1, 0.15) is 46.0 Å². The number of rotatable bonds is 6. The largest absolute Gasteiger partial charge is 0.317 e. The first-order chi connectivity index (χ1) is 8.29. The van der Waals surface area contributed by atoms with Gasteiger partial charge in [0.25, 0.3) is 0 Å². The summed E-state index contributed by atoms with van der Waals surface area (Å²) < 4.78 is 0. The Kier molecular flexibility index (Phi) is 11.9. The smallest absolute Gasteiger partial charge is 0.0157 e. The number of likely N-dealkylation sites (N-methyl/N-ethyl adjacent to an activating group) is 1. The second-order valence-electron chi connectivity index (χ2n) is 4.86. The number of piperidine rings is 1. The quantitative estimate of drug-likeness (QED) is 0.566. The van der Waals surface area contributed by atoms with Crippen LogP contribution in [0.3, 0.4) is 0 Å². The number of nitrogens with one attached hydrogen (secondary N) is 1. The highest BCUT2D eigenvalue weighted by atomic mass is 15.0. The third-order valence-electron chi connectivity index (χ3n) is 3.08. The van der Waals surface area contributed by atoms with Crippen LogP contribution in [0.4, 0.5) is 0 Å². The monoisotopic (exact) mass is 240 g/mol. The number of nitrogens with zero attached hydrogens (tertiary/aromatic N) is 1. The summed E-state index contributed by atoms with van der Waals surface area (Å²) >= 11 is 0. The molecule has 2 nitrogen and oxygen atoms in total. The molecule has 0 atom stereocenters. The first kappa shape index (κ1) is 16.7. The van der Waals surface area contributed by atoms with Crippen molar-refractivity contribution in [2.24, 2.45) is 5.92 Å². The molecular formula is C15H32N2. The second-order valence-corrected chi connectivity index (χ2v) is 4.86. The van der Waals surface area contributed by atoms with Gasteiger partial charge in [-0.05, 0) is 58.8 Å². The van der Waals surface area contributed by atoms with Gasteiger partial charge in [0.2, 0.25) is 0 Å². The van der Waals surface area contributed by atoms with Crippen LogP contribution in [0.2, 0.25) is 0 Å². The lowest BCUT2D eigenvalue weighted by molar-refractivity contribution is 0.348. The Bertz CT molecular complexity index is 170. The van der Waals surface area contributed by atoms with E-state index >= 15 is 0 Å². The fraction of sp³-hybridized carbons (Fsp3) is 0.867. The van der Waals surface area contributed by atoms with Crippen molar-refractivity contribution in [3.63, 3.8) is 0 Å². The SMILES string of the molecule is CC.CN(C)C/C=C/CCCC1CCNCC1. The van der Waals surface area contributed by atoms with Crippen molar-refractivity contribution < 1.29 is 0 Å². The van der Waals surface area contributed by atoms with E-state index in [1.807, 2.05) is 13.8 Å². The van der Waals surface area contributed by atoms with Crippen LogP contribution in [0.25, 0.3) is 0 Å². The van der Waals surface area contributed by atoms with E-state index in [0.717, 1.165) is 12.5 Å². The Labute approximate surface area is 108 Å². The van der Waals surface area contributed by atoms with Crippen molar-refractivity contribution in [3.05, 3.63) is 12.2 Å². The highest BCUT2D eigenvalue weighted by Gasteiger charge is 2.11. The summed E-state index contributed by atoms with van der Waals surface area (Å²) in [6.45, 7) is 7.55. The fourth-order valence-corrected chi connectivity index (χ4v) is 2.10. The molecule has 0 unspecified atom stereocenters. The maximum Gasteiger partial charge on any atom is 0.0157 e. The molecule has 0 amide bonds. The molecule has 1 aliphatic rings. The van der Waals surface area contributed by atoms with Gasteiger partial charge >= 0.3 is 0 Å². The summed E-state index contributed by atoms with van der Waals surface area (Å²) in [6.07, 6.45) is 11.5. The number of unbranched alkanes of at least 4 members (excludes halogenated alkanes) is 1. The summed E-state index contributed by atoms with van der Waals surface area (Å²) in [7, 11) is 4.22. The summed E-state index contributed by atoms with van der Waals surface area (Å²) in [5, 5.41) is 3.42. The molecule has 0 saturated carbocycles. The minimum atomic E-state index is 0.994. The molecule has 0 bridgehead atoms. The minimum Gasteiger partial charge on any atom is -0.317 e. The van der Waals surface area contributed by atoms with Gasteiger partial charge in [-0.3, -0.25) is 0 Å². The molecule has 1 saturated heterocycles. The van der Waals surface area contributed by atoms with Crippen LogP contribution >= 0.6 is 0 Å². The van der Waals surface area contributed by atoms with Gasteiger partial charge in [0.1, 0.15) is 0 Å². The van der Waals surface area contributed by atoms with Crippen LogP contribution in [0, 0.1) is 5.92 Å². The number of hydrogen-bond acceptors (Lipinski definition) is 2. The fourth-order valence-electron chi connectivity index (χ4n) is 2.10. The molecule has 1 N–H and O–H groups in total. The molecular weight excluding hydrogens is 208 g/mol. The summed E-state index contributed by atoms with van der Waals surface area (Å²) in [6, 6.07) is 0. The van der Waals surface area contributed by atoms with Gasteiger partial charge in [0, 0.05) is 6.54 Å². The maximum atomic E-state index is 3.42. The Morgan fingerprint density at radius 3 is 2.35 bits per heavy atom. The molecule has 0 aromatic heterocycles.